The predicted octanol–water partition coefficient (Wildman–Crippen LogP) is 7.70. The van der Waals surface area contributed by atoms with Crippen LogP contribution in [0.4, 0.5) is 0 Å². The summed E-state index contributed by atoms with van der Waals surface area (Å²) in [5.41, 5.74) is 11.1. The molecule has 3 aromatic carbocycles. The lowest BCUT2D eigenvalue weighted by Crippen LogP contribution is -2.61. The Morgan fingerprint density at radius 3 is 1.63 bits per heavy atom. The van der Waals surface area contributed by atoms with Gasteiger partial charge in [0.1, 0.15) is 41.0 Å². The molecule has 0 aliphatic carbocycles. The van der Waals surface area contributed by atoms with Crippen molar-refractivity contribution in [3.8, 4) is 5.75 Å². The summed E-state index contributed by atoms with van der Waals surface area (Å²) >= 11 is 0. The number of fused-ring (bicyclic) bond motifs is 1. The van der Waals surface area contributed by atoms with Gasteiger partial charge in [-0.25, -0.2) is 10.9 Å². The highest BCUT2D eigenvalue weighted by molar-refractivity contribution is 6.42. The topological polar surface area (TPSA) is 461 Å². The summed E-state index contributed by atoms with van der Waals surface area (Å²) < 4.78 is 0. The van der Waals surface area contributed by atoms with E-state index in [1.807, 2.05) is 82.3 Å². The largest absolute Gasteiger partial charge is 0.508 e. The zero-order valence-electron chi connectivity index (χ0n) is 67.8. The van der Waals surface area contributed by atoms with Crippen molar-refractivity contribution in [2.75, 3.05) is 7.05 Å². The second-order valence-corrected chi connectivity index (χ2v) is 30.1. The van der Waals surface area contributed by atoms with Gasteiger partial charge < -0.3 is 46.8 Å². The van der Waals surface area contributed by atoms with E-state index in [1.54, 1.807) is 53.1 Å². The van der Waals surface area contributed by atoms with Gasteiger partial charge in [-0.1, -0.05) is 134 Å². The third-order valence-electron chi connectivity index (χ3n) is 19.2. The van der Waals surface area contributed by atoms with E-state index in [0.29, 0.717) is 24.3 Å². The number of benzene rings is 3. The summed E-state index contributed by atoms with van der Waals surface area (Å²) in [5, 5.41) is 44.7. The van der Waals surface area contributed by atoms with Crippen LogP contribution in [0.3, 0.4) is 0 Å². The van der Waals surface area contributed by atoms with Crippen LogP contribution in [-0.4, -0.2) is 163 Å². The standard InChI is InChI=1S/C46H77N5O7.C26H30N4O6.C8H16N2O2.C3H6O/c1-11-37(28-31(2)3)43(57)50-46(10,35(8)54)27-23-18-16-14-12-13-15-17-22-26-45(9,34(7)53)49-38(29-32(4)5)41(55)42(56)40(33(6)52)48-44(58)39(51-47)30-36-24-20-19-21-25-36;1-15(31)22(13-17-14-28-20-5-3-2-4-19(17)20)29-21(10-11-24(33)34)25(35)26(36)23(30-27)12-16-6-8-18(32)9-7-16;1-5(8(9)12)4-7(11)6(2)10-3;1-3(2)4/h14,16,19-21,24-25,31-33,37-40,49,51-52H,11-13,15,17-18,22-23,26-30,47H2,1-10H3,(H,48,58)(H,50,57);2-9,14,21-23,28-30,32H,10-13,27H2,1H3,(H,33,34);5-6,10H,4H2,1-3H3,(H2,9,12);1-2H3/b16-14+;;;/t33-,37+,38+,39+,40+,45-,46+;21-,22-,23-;5-,6+;/m100./s1. The van der Waals surface area contributed by atoms with Gasteiger partial charge in [0.15, 0.2) is 5.78 Å². The highest BCUT2D eigenvalue weighted by atomic mass is 16.4. The van der Waals surface area contributed by atoms with Gasteiger partial charge >= 0.3 is 5.97 Å². The van der Waals surface area contributed by atoms with Crippen LogP contribution in [-0.2, 0) is 81.6 Å². The number of hydrazine groups is 2. The average molecular weight is 1540 g/mol. The number of aliphatic carboxylic acids is 1. The number of aliphatic hydroxyl groups is 1. The number of carbonyl (C=O) groups excluding carboxylic acids is 12. The lowest BCUT2D eigenvalue weighted by Gasteiger charge is -2.34. The minimum Gasteiger partial charge on any atom is -0.508 e. The van der Waals surface area contributed by atoms with Crippen LogP contribution in [0.2, 0.25) is 0 Å². The number of hydrogen-bond acceptors (Lipinski definition) is 22. The summed E-state index contributed by atoms with van der Waals surface area (Å²) in [6.45, 7) is 25.8. The number of nitrogens with one attached hydrogen (secondary N) is 8. The number of nitrogens with two attached hydrogens (primary N) is 3. The van der Waals surface area contributed by atoms with E-state index in [2.05, 4.69) is 68.4 Å². The maximum absolute atomic E-state index is 13.8. The molecule has 612 valence electrons. The maximum atomic E-state index is 13.8. The Labute approximate surface area is 650 Å². The van der Waals surface area contributed by atoms with Gasteiger partial charge in [0, 0.05) is 41.8 Å². The molecule has 27 nitrogen and oxygen atoms in total. The number of phenolic OH excluding ortho intramolecular Hbond substituents is 1. The quantitative estimate of drug-likeness (QED) is 0.00662. The van der Waals surface area contributed by atoms with Gasteiger partial charge in [0.05, 0.1) is 47.4 Å². The number of amides is 3. The molecule has 0 fully saturated rings. The molecule has 0 saturated carbocycles. The van der Waals surface area contributed by atoms with Crippen LogP contribution >= 0.6 is 0 Å². The van der Waals surface area contributed by atoms with Gasteiger partial charge in [-0.05, 0) is 200 Å². The lowest BCUT2D eigenvalue weighted by molar-refractivity contribution is -0.142. The molecule has 0 bridgehead atoms. The van der Waals surface area contributed by atoms with E-state index < -0.39 is 94.3 Å². The molecule has 0 spiro atoms. The van der Waals surface area contributed by atoms with E-state index >= 15 is 0 Å². The van der Waals surface area contributed by atoms with Crippen molar-refractivity contribution in [1.82, 2.24) is 42.4 Å². The first kappa shape index (κ1) is 99.3. The molecule has 12 atom stereocenters. The Kier molecular flexibility index (Phi) is 46.7. The number of H-pyrrole nitrogens is 1. The van der Waals surface area contributed by atoms with Gasteiger partial charge in [-0.15, -0.1) is 0 Å². The zero-order valence-corrected chi connectivity index (χ0v) is 67.8. The van der Waals surface area contributed by atoms with Gasteiger partial charge in [-0.2, -0.15) is 0 Å². The number of aromatic hydroxyl groups is 1. The third kappa shape index (κ3) is 37.4. The Morgan fingerprint density at radius 2 is 1.11 bits per heavy atom. The van der Waals surface area contributed by atoms with Gasteiger partial charge in [0.25, 0.3) is 0 Å². The molecule has 0 aliphatic heterocycles. The van der Waals surface area contributed by atoms with Crippen molar-refractivity contribution in [2.24, 2.45) is 41.1 Å². The van der Waals surface area contributed by atoms with E-state index in [1.165, 1.54) is 46.8 Å². The summed E-state index contributed by atoms with van der Waals surface area (Å²) in [7, 11) is 1.71. The summed E-state index contributed by atoms with van der Waals surface area (Å²) in [6, 6.07) is 16.2. The number of rotatable bonds is 50. The number of aromatic nitrogens is 1. The number of unbranched alkanes of at least 4 members (excludes halogenated alkanes) is 5. The fourth-order valence-electron chi connectivity index (χ4n) is 12.0. The number of para-hydroxylation sites is 1. The molecule has 0 aliphatic rings. The van der Waals surface area contributed by atoms with Crippen LogP contribution < -0.4 is 54.9 Å². The first-order chi connectivity index (χ1) is 51.6. The van der Waals surface area contributed by atoms with Gasteiger partial charge in [0.2, 0.25) is 40.9 Å². The predicted molar refractivity (Wildman–Crippen MR) is 428 cm³/mol. The normalized spacial score (nSPS) is 15.1. The SMILES string of the molecule is CC(=O)[C@H](Cc1c[nH]c2ccccc12)N[C@@H](CCC(=O)O)C(=O)C(=O)[C@H](Cc1ccc(O)cc1)NN.CC(C)=O.CC[C@@H](CC(C)C)C(=O)N[C@@](C)(CCC/C=C/CCCCCC[C@@](C)(N[C@@H](CC(C)C)C(=O)C(=O)[C@@H](NC(=O)[C@H](Cc1ccccc1)NN)[C@@H](C)O)C(C)=O)C(C)=O.CN[C@H](C)C(=O)C[C@H](C)C(N)=O. The van der Waals surface area contributed by atoms with Crippen molar-refractivity contribution in [3.63, 3.8) is 0 Å². The summed E-state index contributed by atoms with van der Waals surface area (Å²) in [4.78, 5) is 163. The molecule has 4 rings (SSSR count). The van der Waals surface area contributed by atoms with Crippen LogP contribution in [0.5, 0.6) is 5.75 Å². The number of primary amides is 1. The molecule has 27 heteroatoms. The molecule has 0 radical (unpaired) electrons. The number of aromatic amines is 1. The van der Waals surface area contributed by atoms with Crippen molar-refractivity contribution in [2.45, 2.75) is 279 Å². The number of aliphatic hydroxyl groups excluding tert-OH is 1. The monoisotopic (exact) mass is 1540 g/mol. The number of likely N-dealkylation sites (N-methyl/N-ethyl adjacent to an activating group) is 1. The molecular weight excluding hydrogens is 1410 g/mol. The van der Waals surface area contributed by atoms with Crippen LogP contribution in [0.15, 0.2) is 97.2 Å². The Bertz CT molecular complexity index is 3610. The van der Waals surface area contributed by atoms with Crippen LogP contribution in [0, 0.1) is 23.7 Å². The number of ketones is 9. The molecule has 0 unspecified atom stereocenters. The third-order valence-corrected chi connectivity index (χ3v) is 19.2. The minimum atomic E-state index is -1.50. The zero-order chi connectivity index (χ0) is 83.6. The summed E-state index contributed by atoms with van der Waals surface area (Å²) in [5.74, 6) is 5.32. The number of hydrogen-bond donors (Lipinski definition) is 14. The molecule has 110 heavy (non-hydrogen) atoms. The number of carbonyl (C=O) groups is 13. The Hall–Kier alpha value is -8.67. The van der Waals surface area contributed by atoms with E-state index in [4.69, 9.17) is 17.4 Å². The van der Waals surface area contributed by atoms with E-state index in [9.17, 15) is 77.6 Å². The molecule has 0 saturated heterocycles. The molecule has 1 aromatic heterocycles. The maximum Gasteiger partial charge on any atom is 0.303 e. The van der Waals surface area contributed by atoms with Crippen molar-refractivity contribution in [3.05, 3.63) is 114 Å². The minimum absolute atomic E-state index is 0.00225. The molecule has 17 N–H and O–H groups in total. The second-order valence-electron chi connectivity index (χ2n) is 30.1. The number of carboxylic acid groups (broad SMARTS) is 1. The van der Waals surface area contributed by atoms with Crippen molar-refractivity contribution < 1.29 is 77.6 Å². The van der Waals surface area contributed by atoms with Crippen molar-refractivity contribution >= 4 is 86.6 Å². The molecule has 4 aromatic rings. The van der Waals surface area contributed by atoms with Crippen LogP contribution in [0.25, 0.3) is 10.9 Å². The fourth-order valence-corrected chi connectivity index (χ4v) is 12.0. The second kappa shape index (κ2) is 51.7. The lowest BCUT2D eigenvalue weighted by atomic mass is 9.86. The number of phenols is 1. The summed E-state index contributed by atoms with van der Waals surface area (Å²) in [6.07, 6.45) is 13.8. The smallest absolute Gasteiger partial charge is 0.303 e. The Balaban J connectivity index is 0.000000973. The number of Topliss-reactive ketones (excluding diaryl/α,β-unsaturated/α-hetero) is 9. The number of carboxylic acids is 1. The van der Waals surface area contributed by atoms with Gasteiger partial charge in [-0.3, -0.25) is 79.9 Å². The molecule has 3 amide bonds. The number of allylic oxidation sites excluding steroid dienone is 2. The highest BCUT2D eigenvalue weighted by Gasteiger charge is 2.41. The van der Waals surface area contributed by atoms with E-state index in [-0.39, 0.29) is 109 Å². The fraction of sp³-hybridized carbons (Fsp3) is 0.578. The first-order valence-corrected chi connectivity index (χ1v) is 38.3. The Morgan fingerprint density at radius 1 is 0.591 bits per heavy atom. The highest BCUT2D eigenvalue weighted by Crippen LogP contribution is 2.25. The molecular formula is C83H129N11O16. The van der Waals surface area contributed by atoms with Crippen molar-refractivity contribution in [1.29, 1.82) is 0 Å². The van der Waals surface area contributed by atoms with E-state index in [0.717, 1.165) is 79.8 Å². The average Bonchev–Trinajstić information content (AvgIpc) is 1.60. The first-order valence-electron chi connectivity index (χ1n) is 38.3. The van der Waals surface area contributed by atoms with Crippen LogP contribution in [0.1, 0.15) is 217 Å². The molecule has 1 heterocycles.